The number of hydrogen-bond donors (Lipinski definition) is 0. The number of ketones is 2. The number of fused-ring (bicyclic) bond motifs is 4. The molecule has 0 aliphatic heterocycles. The first-order valence-corrected chi connectivity index (χ1v) is 13.3. The van der Waals surface area contributed by atoms with Crippen LogP contribution in [0.3, 0.4) is 0 Å². The zero-order valence-electron chi connectivity index (χ0n) is 22.8. The van der Waals surface area contributed by atoms with Crippen LogP contribution in [0.25, 0.3) is 38.3 Å². The van der Waals surface area contributed by atoms with Crippen LogP contribution in [-0.4, -0.2) is 27.8 Å². The molecule has 0 radical (unpaired) electrons. The molecule has 1 aromatic heterocycles. The Hall–Kier alpha value is -5.36. The molecule has 5 aromatic carbocycles. The van der Waals surface area contributed by atoms with Gasteiger partial charge in [-0.2, -0.15) is 0 Å². The zero-order chi connectivity index (χ0) is 28.7. The van der Waals surface area contributed by atoms with Crippen molar-refractivity contribution in [2.75, 3.05) is 0 Å². The lowest BCUT2D eigenvalue weighted by atomic mass is 9.97. The number of hydrogen-bond acceptors (Lipinski definition) is 5. The van der Waals surface area contributed by atoms with Crippen LogP contribution >= 0.6 is 0 Å². The molecule has 6 aromatic rings. The second-order valence-corrected chi connectivity index (χ2v) is 10.1. The van der Waals surface area contributed by atoms with E-state index in [4.69, 9.17) is 0 Å². The summed E-state index contributed by atoms with van der Waals surface area (Å²) in [6, 6.07) is 33.2. The molecular weight excluding hydrogens is 512 g/mol. The zero-order valence-corrected chi connectivity index (χ0v) is 22.8. The van der Waals surface area contributed by atoms with E-state index >= 15 is 0 Å². The molecule has 0 aliphatic rings. The maximum absolute atomic E-state index is 13.5. The van der Waals surface area contributed by atoms with Gasteiger partial charge < -0.3 is 9.40 Å². The molecule has 0 unspecified atom stereocenters. The van der Waals surface area contributed by atoms with Gasteiger partial charge in [0.2, 0.25) is 5.78 Å². The van der Waals surface area contributed by atoms with Crippen LogP contribution in [0.1, 0.15) is 45.7 Å². The maximum atomic E-state index is 13.5. The van der Waals surface area contributed by atoms with Gasteiger partial charge in [-0.3, -0.25) is 9.59 Å². The lowest BCUT2D eigenvalue weighted by Crippen LogP contribution is -2.11. The van der Waals surface area contributed by atoms with Crippen LogP contribution in [0.5, 0.6) is 0 Å². The van der Waals surface area contributed by atoms with Crippen molar-refractivity contribution in [3.63, 3.8) is 0 Å². The molecule has 0 atom stereocenters. The minimum Gasteiger partial charge on any atom is -0.318 e. The highest BCUT2D eigenvalue weighted by atomic mass is 16.7. The van der Waals surface area contributed by atoms with E-state index in [1.807, 2.05) is 73.7 Å². The molecule has 1 heterocycles. The molecule has 6 nitrogen and oxygen atoms in total. The van der Waals surface area contributed by atoms with Crippen LogP contribution in [0.2, 0.25) is 0 Å². The third-order valence-corrected chi connectivity index (χ3v) is 7.31. The van der Waals surface area contributed by atoms with E-state index in [1.54, 1.807) is 6.07 Å². The van der Waals surface area contributed by atoms with Gasteiger partial charge in [-0.1, -0.05) is 59.8 Å². The number of carbonyl (C=O) groups is 3. The molecular formula is C35H26N2O4. The molecule has 0 saturated heterocycles. The highest BCUT2D eigenvalue weighted by Crippen LogP contribution is 2.35. The van der Waals surface area contributed by atoms with Crippen molar-refractivity contribution in [2.45, 2.75) is 20.8 Å². The third kappa shape index (κ3) is 4.70. The van der Waals surface area contributed by atoms with Gasteiger partial charge in [-0.25, -0.2) is 4.79 Å². The highest BCUT2D eigenvalue weighted by molar-refractivity contribution is 6.45. The minimum absolute atomic E-state index is 0.0619. The Morgan fingerprint density at radius 1 is 0.683 bits per heavy atom. The Bertz CT molecular complexity index is 2070. The summed E-state index contributed by atoms with van der Waals surface area (Å²) in [4.78, 5) is 42.6. The van der Waals surface area contributed by atoms with E-state index in [0.29, 0.717) is 16.7 Å². The summed E-state index contributed by atoms with van der Waals surface area (Å²) in [5.41, 5.74) is 5.35. The number of aryl methyl sites for hydroxylation is 1. The molecule has 0 amide bonds. The van der Waals surface area contributed by atoms with Crippen molar-refractivity contribution in [1.29, 1.82) is 0 Å². The second kappa shape index (κ2) is 10.3. The Kier molecular flexibility index (Phi) is 6.52. The summed E-state index contributed by atoms with van der Waals surface area (Å²) in [7, 11) is 0. The van der Waals surface area contributed by atoms with E-state index in [1.165, 1.54) is 13.8 Å². The average Bonchev–Trinajstić information content (AvgIpc) is 3.32. The monoisotopic (exact) mass is 538 g/mol. The average molecular weight is 539 g/mol. The summed E-state index contributed by atoms with van der Waals surface area (Å²) in [6.45, 7) is 4.66. The smallest absolute Gasteiger partial charge is 0.318 e. The summed E-state index contributed by atoms with van der Waals surface area (Å²) >= 11 is 0. The number of rotatable bonds is 6. The van der Waals surface area contributed by atoms with Gasteiger partial charge in [0.1, 0.15) is 5.71 Å². The Labute approximate surface area is 236 Å². The van der Waals surface area contributed by atoms with Crippen molar-refractivity contribution >= 4 is 55.8 Å². The number of benzene rings is 5. The van der Waals surface area contributed by atoms with E-state index < -0.39 is 5.97 Å². The minimum atomic E-state index is -0.600. The second-order valence-electron chi connectivity index (χ2n) is 10.1. The molecule has 6 heteroatoms. The van der Waals surface area contributed by atoms with Crippen molar-refractivity contribution in [3.05, 3.63) is 125 Å². The van der Waals surface area contributed by atoms with Gasteiger partial charge >= 0.3 is 5.97 Å². The first-order chi connectivity index (χ1) is 19.8. The van der Waals surface area contributed by atoms with Gasteiger partial charge in [-0.05, 0) is 78.7 Å². The molecule has 0 spiro atoms. The molecule has 0 bridgehead atoms. The van der Waals surface area contributed by atoms with Crippen molar-refractivity contribution < 1.29 is 19.2 Å². The molecule has 0 fully saturated rings. The SMILES string of the molecule is CC(=O)O/N=C(\C)C(=O)c1ccc2c(c1)c1cc(C(=O)c3ccccc3C)ccc1n2-c1ccc2ccccc2c1. The summed E-state index contributed by atoms with van der Waals surface area (Å²) in [5, 5.41) is 7.58. The third-order valence-electron chi connectivity index (χ3n) is 7.31. The largest absolute Gasteiger partial charge is 0.331 e. The fourth-order valence-electron chi connectivity index (χ4n) is 5.27. The number of Topliss-reactive ketones (excluding diaryl/α,β-unsaturated/α-hetero) is 1. The van der Waals surface area contributed by atoms with Crippen molar-refractivity contribution in [1.82, 2.24) is 4.57 Å². The molecule has 6 rings (SSSR count). The van der Waals surface area contributed by atoms with E-state index in [-0.39, 0.29) is 17.3 Å². The van der Waals surface area contributed by atoms with Crippen LogP contribution in [0.4, 0.5) is 0 Å². The van der Waals surface area contributed by atoms with Gasteiger partial charge in [-0.15, -0.1) is 0 Å². The number of carbonyl (C=O) groups excluding carboxylic acids is 3. The Balaban J connectivity index is 1.57. The maximum Gasteiger partial charge on any atom is 0.331 e. The number of oxime groups is 1. The van der Waals surface area contributed by atoms with E-state index in [0.717, 1.165) is 43.8 Å². The lowest BCUT2D eigenvalue weighted by molar-refractivity contribution is -0.140. The number of aromatic nitrogens is 1. The predicted molar refractivity (Wildman–Crippen MR) is 162 cm³/mol. The molecule has 0 aliphatic carbocycles. The predicted octanol–water partition coefficient (Wildman–Crippen LogP) is 7.60. The fourth-order valence-corrected chi connectivity index (χ4v) is 5.27. The lowest BCUT2D eigenvalue weighted by Gasteiger charge is -2.10. The van der Waals surface area contributed by atoms with Crippen molar-refractivity contribution in [2.24, 2.45) is 5.16 Å². The topological polar surface area (TPSA) is 77.7 Å². The fraction of sp³-hybridized carbons (Fsp3) is 0.0857. The van der Waals surface area contributed by atoms with Crippen LogP contribution in [-0.2, 0) is 9.63 Å². The molecule has 0 saturated carbocycles. The number of nitrogens with zero attached hydrogens (tertiary/aromatic N) is 2. The molecule has 0 N–H and O–H groups in total. The first-order valence-electron chi connectivity index (χ1n) is 13.3. The Morgan fingerprint density at radius 2 is 1.32 bits per heavy atom. The normalized spacial score (nSPS) is 11.7. The van der Waals surface area contributed by atoms with E-state index in [9.17, 15) is 14.4 Å². The van der Waals surface area contributed by atoms with Crippen LogP contribution in [0, 0.1) is 6.92 Å². The van der Waals surface area contributed by atoms with Gasteiger partial charge in [0.05, 0.1) is 11.0 Å². The van der Waals surface area contributed by atoms with Gasteiger partial charge in [0.25, 0.3) is 0 Å². The summed E-state index contributed by atoms with van der Waals surface area (Å²) in [6.07, 6.45) is 0. The first kappa shape index (κ1) is 25.9. The highest BCUT2D eigenvalue weighted by Gasteiger charge is 2.19. The Morgan fingerprint density at radius 3 is 2.02 bits per heavy atom. The van der Waals surface area contributed by atoms with E-state index in [2.05, 4.69) is 44.9 Å². The summed E-state index contributed by atoms with van der Waals surface area (Å²) in [5.74, 6) is -1.02. The van der Waals surface area contributed by atoms with Gasteiger partial charge in [0, 0.05) is 40.1 Å². The summed E-state index contributed by atoms with van der Waals surface area (Å²) < 4.78 is 2.15. The quantitative estimate of drug-likeness (QED) is 0.0947. The van der Waals surface area contributed by atoms with Crippen LogP contribution < -0.4 is 0 Å². The van der Waals surface area contributed by atoms with Gasteiger partial charge in [0.15, 0.2) is 5.78 Å². The molecule has 200 valence electrons. The van der Waals surface area contributed by atoms with Crippen molar-refractivity contribution in [3.8, 4) is 5.69 Å². The molecule has 41 heavy (non-hydrogen) atoms. The standard InChI is InChI=1S/C35H26N2O4/c1-21-8-4-7-11-29(21)35(40)27-14-17-33-31(20-27)30-19-26(34(39)22(2)36-41-23(3)38)13-16-32(30)37(33)28-15-12-24-9-5-6-10-25(24)18-28/h4-20H,1-3H3/b36-22+. The van der Waals surface area contributed by atoms with Crippen LogP contribution in [0.15, 0.2) is 108 Å².